The Morgan fingerprint density at radius 3 is 2.87 bits per heavy atom. The number of rotatable bonds is 7. The Bertz CT molecular complexity index is 531. The van der Waals surface area contributed by atoms with Crippen molar-refractivity contribution in [1.82, 2.24) is 10.6 Å². The van der Waals surface area contributed by atoms with Crippen LogP contribution < -0.4 is 20.1 Å². The highest BCUT2D eigenvalue weighted by molar-refractivity contribution is 6.32. The van der Waals surface area contributed by atoms with Gasteiger partial charge in [0, 0.05) is 18.2 Å². The SMILES string of the molecule is CCCOc1c(Cl)cc(C(=O)N[C@H]2CCCNC2)cc1OCC. The zero-order chi connectivity index (χ0) is 16.7. The summed E-state index contributed by atoms with van der Waals surface area (Å²) in [4.78, 5) is 12.5. The van der Waals surface area contributed by atoms with Gasteiger partial charge in [0.25, 0.3) is 5.91 Å². The van der Waals surface area contributed by atoms with Gasteiger partial charge in [-0.15, -0.1) is 0 Å². The van der Waals surface area contributed by atoms with Crippen molar-refractivity contribution in [2.24, 2.45) is 0 Å². The first kappa shape index (κ1) is 17.9. The van der Waals surface area contributed by atoms with Gasteiger partial charge in [-0.3, -0.25) is 4.79 Å². The van der Waals surface area contributed by atoms with Crippen molar-refractivity contribution in [2.45, 2.75) is 39.2 Å². The quantitative estimate of drug-likeness (QED) is 0.801. The van der Waals surface area contributed by atoms with Crippen molar-refractivity contribution in [3.8, 4) is 11.5 Å². The number of hydrogen-bond acceptors (Lipinski definition) is 4. The number of hydrogen-bond donors (Lipinski definition) is 2. The summed E-state index contributed by atoms with van der Waals surface area (Å²) < 4.78 is 11.2. The smallest absolute Gasteiger partial charge is 0.251 e. The molecule has 1 aliphatic rings. The van der Waals surface area contributed by atoms with E-state index in [0.717, 1.165) is 32.4 Å². The van der Waals surface area contributed by atoms with E-state index in [9.17, 15) is 4.79 Å². The van der Waals surface area contributed by atoms with Crippen LogP contribution in [0.1, 0.15) is 43.5 Å². The number of amides is 1. The summed E-state index contributed by atoms with van der Waals surface area (Å²) in [5.74, 6) is 0.884. The lowest BCUT2D eigenvalue weighted by molar-refractivity contribution is 0.0930. The van der Waals surface area contributed by atoms with Crippen LogP contribution in [0.4, 0.5) is 0 Å². The van der Waals surface area contributed by atoms with Gasteiger partial charge in [0.2, 0.25) is 0 Å². The highest BCUT2D eigenvalue weighted by Gasteiger charge is 2.20. The molecule has 0 spiro atoms. The van der Waals surface area contributed by atoms with E-state index in [1.54, 1.807) is 12.1 Å². The van der Waals surface area contributed by atoms with Crippen LogP contribution in [0.2, 0.25) is 5.02 Å². The summed E-state index contributed by atoms with van der Waals surface area (Å²) in [6.45, 7) is 6.76. The lowest BCUT2D eigenvalue weighted by Crippen LogP contribution is -2.45. The number of carbonyl (C=O) groups excluding carboxylic acids is 1. The van der Waals surface area contributed by atoms with Crippen LogP contribution >= 0.6 is 11.6 Å². The first-order chi connectivity index (χ1) is 11.2. The molecular weight excluding hydrogens is 316 g/mol. The molecule has 1 amide bonds. The summed E-state index contributed by atoms with van der Waals surface area (Å²) in [5, 5.41) is 6.72. The standard InChI is InChI=1S/C17H25ClN2O3/c1-3-8-23-16-14(18)9-12(10-15(16)22-4-2)17(21)20-13-6-5-7-19-11-13/h9-10,13,19H,3-8,11H2,1-2H3,(H,20,21)/t13-/m0/s1. The summed E-state index contributed by atoms with van der Waals surface area (Å²) in [6, 6.07) is 3.49. The molecule has 0 aliphatic carbocycles. The minimum Gasteiger partial charge on any atom is -0.490 e. The van der Waals surface area contributed by atoms with Gasteiger partial charge < -0.3 is 20.1 Å². The van der Waals surface area contributed by atoms with E-state index >= 15 is 0 Å². The molecule has 0 saturated carbocycles. The van der Waals surface area contributed by atoms with Crippen molar-refractivity contribution in [3.05, 3.63) is 22.7 Å². The van der Waals surface area contributed by atoms with Gasteiger partial charge in [-0.1, -0.05) is 18.5 Å². The molecular formula is C17H25ClN2O3. The van der Waals surface area contributed by atoms with Crippen LogP contribution in [0.15, 0.2) is 12.1 Å². The fourth-order valence-corrected chi connectivity index (χ4v) is 2.82. The van der Waals surface area contributed by atoms with Gasteiger partial charge in [-0.2, -0.15) is 0 Å². The third-order valence-corrected chi connectivity index (χ3v) is 3.93. The Hall–Kier alpha value is -1.46. The maximum Gasteiger partial charge on any atom is 0.251 e. The topological polar surface area (TPSA) is 59.6 Å². The second-order valence-corrected chi connectivity index (χ2v) is 5.99. The van der Waals surface area contributed by atoms with Gasteiger partial charge in [-0.05, 0) is 44.9 Å². The Kier molecular flexibility index (Phi) is 6.99. The Balaban J connectivity index is 2.15. The van der Waals surface area contributed by atoms with E-state index in [-0.39, 0.29) is 11.9 Å². The van der Waals surface area contributed by atoms with Crippen LogP contribution in [0, 0.1) is 0 Å². The third kappa shape index (κ3) is 5.01. The first-order valence-corrected chi connectivity index (χ1v) is 8.64. The lowest BCUT2D eigenvalue weighted by atomic mass is 10.1. The molecule has 1 aromatic carbocycles. The molecule has 1 fully saturated rings. The molecule has 23 heavy (non-hydrogen) atoms. The average Bonchev–Trinajstić information content (AvgIpc) is 2.55. The van der Waals surface area contributed by atoms with Gasteiger partial charge in [0.1, 0.15) is 0 Å². The fraction of sp³-hybridized carbons (Fsp3) is 0.588. The van der Waals surface area contributed by atoms with Crippen molar-refractivity contribution in [2.75, 3.05) is 26.3 Å². The number of halogens is 1. The molecule has 6 heteroatoms. The largest absolute Gasteiger partial charge is 0.490 e. The zero-order valence-corrected chi connectivity index (χ0v) is 14.5. The van der Waals surface area contributed by atoms with Crippen LogP contribution in [-0.2, 0) is 0 Å². The second kappa shape index (κ2) is 8.99. The molecule has 0 unspecified atom stereocenters. The highest BCUT2D eigenvalue weighted by atomic mass is 35.5. The Morgan fingerprint density at radius 1 is 1.39 bits per heavy atom. The Morgan fingerprint density at radius 2 is 2.22 bits per heavy atom. The van der Waals surface area contributed by atoms with Crippen molar-refractivity contribution < 1.29 is 14.3 Å². The highest BCUT2D eigenvalue weighted by Crippen LogP contribution is 2.36. The number of piperidine rings is 1. The predicted molar refractivity (Wildman–Crippen MR) is 91.8 cm³/mol. The molecule has 128 valence electrons. The minimum atomic E-state index is -0.136. The van der Waals surface area contributed by atoms with E-state index in [2.05, 4.69) is 10.6 Å². The molecule has 2 N–H and O–H groups in total. The van der Waals surface area contributed by atoms with E-state index < -0.39 is 0 Å². The molecule has 1 aliphatic heterocycles. The van der Waals surface area contributed by atoms with Crippen LogP contribution in [-0.4, -0.2) is 38.3 Å². The Labute approximate surface area is 142 Å². The average molecular weight is 341 g/mol. The molecule has 1 atom stereocenters. The predicted octanol–water partition coefficient (Wildman–Crippen LogP) is 3.01. The fourth-order valence-electron chi connectivity index (χ4n) is 2.55. The molecule has 5 nitrogen and oxygen atoms in total. The van der Waals surface area contributed by atoms with E-state index in [0.29, 0.717) is 35.3 Å². The molecule has 0 radical (unpaired) electrons. The van der Waals surface area contributed by atoms with Crippen molar-refractivity contribution >= 4 is 17.5 Å². The van der Waals surface area contributed by atoms with Crippen LogP contribution in [0.3, 0.4) is 0 Å². The maximum absolute atomic E-state index is 12.5. The number of benzene rings is 1. The molecule has 1 heterocycles. The summed E-state index contributed by atoms with van der Waals surface area (Å²) >= 11 is 6.30. The van der Waals surface area contributed by atoms with E-state index in [4.69, 9.17) is 21.1 Å². The summed E-state index contributed by atoms with van der Waals surface area (Å²) in [6.07, 6.45) is 2.93. The number of ether oxygens (including phenoxy) is 2. The molecule has 0 bridgehead atoms. The van der Waals surface area contributed by atoms with E-state index in [1.165, 1.54) is 0 Å². The van der Waals surface area contributed by atoms with Crippen LogP contribution in [0.5, 0.6) is 11.5 Å². The van der Waals surface area contributed by atoms with Gasteiger partial charge >= 0.3 is 0 Å². The summed E-state index contributed by atoms with van der Waals surface area (Å²) in [7, 11) is 0. The third-order valence-electron chi connectivity index (χ3n) is 3.65. The van der Waals surface area contributed by atoms with E-state index in [1.807, 2.05) is 13.8 Å². The van der Waals surface area contributed by atoms with Gasteiger partial charge in [0.15, 0.2) is 11.5 Å². The monoisotopic (exact) mass is 340 g/mol. The van der Waals surface area contributed by atoms with Gasteiger partial charge in [0.05, 0.1) is 18.2 Å². The molecule has 0 aromatic heterocycles. The lowest BCUT2D eigenvalue weighted by Gasteiger charge is -2.24. The zero-order valence-electron chi connectivity index (χ0n) is 13.8. The summed E-state index contributed by atoms with van der Waals surface area (Å²) in [5.41, 5.74) is 0.493. The molecule has 2 rings (SSSR count). The second-order valence-electron chi connectivity index (χ2n) is 5.58. The number of nitrogens with one attached hydrogen (secondary N) is 2. The van der Waals surface area contributed by atoms with Crippen molar-refractivity contribution in [1.29, 1.82) is 0 Å². The first-order valence-electron chi connectivity index (χ1n) is 8.26. The van der Waals surface area contributed by atoms with Crippen molar-refractivity contribution in [3.63, 3.8) is 0 Å². The normalized spacial score (nSPS) is 17.6. The van der Waals surface area contributed by atoms with Gasteiger partial charge in [-0.25, -0.2) is 0 Å². The number of carbonyl (C=O) groups is 1. The molecule has 1 saturated heterocycles. The maximum atomic E-state index is 12.5. The molecule has 1 aromatic rings. The minimum absolute atomic E-state index is 0.136. The van der Waals surface area contributed by atoms with Crippen LogP contribution in [0.25, 0.3) is 0 Å².